The zero-order chi connectivity index (χ0) is 20.5. The molecule has 0 saturated carbocycles. The van der Waals surface area contributed by atoms with Crippen LogP contribution in [0.1, 0.15) is 42.4 Å². The van der Waals surface area contributed by atoms with Gasteiger partial charge in [-0.05, 0) is 17.7 Å². The molecule has 0 fully saturated rings. The van der Waals surface area contributed by atoms with Crippen LogP contribution in [0.3, 0.4) is 0 Å². The van der Waals surface area contributed by atoms with Crippen LogP contribution in [-0.4, -0.2) is 29.5 Å². The van der Waals surface area contributed by atoms with Crippen molar-refractivity contribution in [1.29, 1.82) is 0 Å². The van der Waals surface area contributed by atoms with Gasteiger partial charge in [-0.1, -0.05) is 26.8 Å². The highest BCUT2D eigenvalue weighted by atomic mass is 32.1. The number of hydrogen-bond donors (Lipinski definition) is 1. The molecule has 0 bridgehead atoms. The van der Waals surface area contributed by atoms with Crippen LogP contribution in [0.25, 0.3) is 4.96 Å². The number of nitrogens with zero attached hydrogens (tertiary/aromatic N) is 2. The van der Waals surface area contributed by atoms with Gasteiger partial charge in [0.1, 0.15) is 5.56 Å². The lowest BCUT2D eigenvalue weighted by atomic mass is 9.93. The topological polar surface area (TPSA) is 81.9 Å². The van der Waals surface area contributed by atoms with Gasteiger partial charge in [-0.25, -0.2) is 4.98 Å². The average Bonchev–Trinajstić information content (AvgIpc) is 3.11. The maximum Gasteiger partial charge on any atom is 0.271 e. The summed E-state index contributed by atoms with van der Waals surface area (Å²) in [6, 6.07) is 5.38. The fourth-order valence-corrected chi connectivity index (χ4v) is 3.91. The van der Waals surface area contributed by atoms with Crippen LogP contribution < -0.4 is 20.3 Å². The van der Waals surface area contributed by atoms with Gasteiger partial charge >= 0.3 is 0 Å². The molecule has 2 aromatic heterocycles. The Hall–Kier alpha value is -2.87. The molecule has 0 aliphatic heterocycles. The zero-order valence-corrected chi connectivity index (χ0v) is 17.3. The lowest BCUT2D eigenvalue weighted by Gasteiger charge is -2.17. The molecule has 7 nitrogen and oxygen atoms in total. The number of nitrogens with one attached hydrogen (secondary N) is 1. The minimum absolute atomic E-state index is 0.0156. The molecule has 2 heterocycles. The van der Waals surface area contributed by atoms with Crippen LogP contribution in [0, 0.1) is 0 Å². The second-order valence-electron chi connectivity index (χ2n) is 7.34. The van der Waals surface area contributed by atoms with E-state index >= 15 is 0 Å². The second-order valence-corrected chi connectivity index (χ2v) is 8.17. The number of methoxy groups -OCH3 is 2. The molecule has 28 heavy (non-hydrogen) atoms. The first-order valence-corrected chi connectivity index (χ1v) is 9.63. The van der Waals surface area contributed by atoms with Crippen molar-refractivity contribution in [3.63, 3.8) is 0 Å². The van der Waals surface area contributed by atoms with Crippen molar-refractivity contribution >= 4 is 22.2 Å². The van der Waals surface area contributed by atoms with E-state index in [1.807, 2.05) is 32.2 Å². The zero-order valence-electron chi connectivity index (χ0n) is 16.5. The number of ether oxygens (including phenoxy) is 2. The standard InChI is InChI=1S/C20H23N3O4S/c1-20(2,3)16-11-28-19-22-10-13(18(25)23(16)19)17(24)21-9-12-6-7-14(26-4)15(8-12)27-5/h6-8,10-11H,9H2,1-5H3,(H,21,24). The quantitative estimate of drug-likeness (QED) is 0.711. The van der Waals surface area contributed by atoms with Crippen molar-refractivity contribution in [3.05, 3.63) is 57.0 Å². The molecule has 0 saturated heterocycles. The lowest BCUT2D eigenvalue weighted by Crippen LogP contribution is -2.32. The molecule has 0 spiro atoms. The number of fused-ring (bicyclic) bond motifs is 1. The van der Waals surface area contributed by atoms with Crippen molar-refractivity contribution in [2.75, 3.05) is 14.2 Å². The minimum Gasteiger partial charge on any atom is -0.493 e. The molecule has 8 heteroatoms. The Labute approximate surface area is 166 Å². The summed E-state index contributed by atoms with van der Waals surface area (Å²) < 4.78 is 12.0. The number of thiazole rings is 1. The molecule has 0 atom stereocenters. The Morgan fingerprint density at radius 1 is 1.21 bits per heavy atom. The first-order valence-electron chi connectivity index (χ1n) is 8.75. The third-order valence-electron chi connectivity index (χ3n) is 4.36. The number of aromatic nitrogens is 2. The summed E-state index contributed by atoms with van der Waals surface area (Å²) in [5.74, 6) is 0.718. The van der Waals surface area contributed by atoms with Crippen molar-refractivity contribution < 1.29 is 14.3 Å². The summed E-state index contributed by atoms with van der Waals surface area (Å²) in [5, 5.41) is 4.69. The summed E-state index contributed by atoms with van der Waals surface area (Å²) in [7, 11) is 3.11. The van der Waals surface area contributed by atoms with Crippen LogP contribution in [0.4, 0.5) is 0 Å². The summed E-state index contributed by atoms with van der Waals surface area (Å²) in [5.41, 5.74) is 1.08. The first-order chi connectivity index (χ1) is 13.3. The molecular formula is C20H23N3O4S. The van der Waals surface area contributed by atoms with E-state index in [2.05, 4.69) is 10.3 Å². The van der Waals surface area contributed by atoms with E-state index in [9.17, 15) is 9.59 Å². The van der Waals surface area contributed by atoms with Crippen molar-refractivity contribution in [2.24, 2.45) is 0 Å². The summed E-state index contributed by atoms with van der Waals surface area (Å²) in [6.07, 6.45) is 1.34. The molecule has 0 radical (unpaired) electrons. The Kier molecular flexibility index (Phi) is 5.42. The molecule has 3 rings (SSSR count). The van der Waals surface area contributed by atoms with Crippen LogP contribution >= 0.6 is 11.3 Å². The Balaban J connectivity index is 1.86. The van der Waals surface area contributed by atoms with Gasteiger partial charge in [0, 0.05) is 29.2 Å². The third-order valence-corrected chi connectivity index (χ3v) is 5.20. The van der Waals surface area contributed by atoms with Crippen LogP contribution in [0.5, 0.6) is 11.5 Å². The molecule has 0 aliphatic rings. The van der Waals surface area contributed by atoms with Gasteiger partial charge in [0.15, 0.2) is 16.5 Å². The molecule has 1 N–H and O–H groups in total. The SMILES string of the molecule is COc1ccc(CNC(=O)c2cnc3scc(C(C)(C)C)n3c2=O)cc1OC. The minimum atomic E-state index is -0.465. The number of carbonyl (C=O) groups is 1. The molecule has 1 aromatic carbocycles. The summed E-state index contributed by atoms with van der Waals surface area (Å²) >= 11 is 1.39. The monoisotopic (exact) mass is 401 g/mol. The van der Waals surface area contributed by atoms with Crippen molar-refractivity contribution in [1.82, 2.24) is 14.7 Å². The van der Waals surface area contributed by atoms with E-state index in [0.29, 0.717) is 16.5 Å². The van der Waals surface area contributed by atoms with Crippen molar-refractivity contribution in [3.8, 4) is 11.5 Å². The Bertz CT molecular complexity index is 1080. The van der Waals surface area contributed by atoms with E-state index in [4.69, 9.17) is 9.47 Å². The van der Waals surface area contributed by atoms with Crippen molar-refractivity contribution in [2.45, 2.75) is 32.7 Å². The molecule has 148 valence electrons. The van der Waals surface area contributed by atoms with Gasteiger partial charge in [-0.15, -0.1) is 11.3 Å². The van der Waals surface area contributed by atoms with Gasteiger partial charge in [0.2, 0.25) is 0 Å². The Morgan fingerprint density at radius 3 is 2.57 bits per heavy atom. The molecular weight excluding hydrogens is 378 g/mol. The number of rotatable bonds is 5. The number of hydrogen-bond acceptors (Lipinski definition) is 6. The predicted molar refractivity (Wildman–Crippen MR) is 109 cm³/mol. The highest BCUT2D eigenvalue weighted by molar-refractivity contribution is 7.15. The van der Waals surface area contributed by atoms with Gasteiger partial charge in [0.25, 0.3) is 11.5 Å². The number of amides is 1. The lowest BCUT2D eigenvalue weighted by molar-refractivity contribution is 0.0948. The highest BCUT2D eigenvalue weighted by Crippen LogP contribution is 2.27. The second kappa shape index (κ2) is 7.63. The van der Waals surface area contributed by atoms with Gasteiger partial charge in [-0.2, -0.15) is 0 Å². The van der Waals surface area contributed by atoms with Gasteiger partial charge in [0.05, 0.1) is 14.2 Å². The van der Waals surface area contributed by atoms with E-state index in [1.54, 1.807) is 26.4 Å². The van der Waals surface area contributed by atoms with E-state index in [1.165, 1.54) is 21.9 Å². The van der Waals surface area contributed by atoms with Crippen LogP contribution in [0.15, 0.2) is 34.6 Å². The summed E-state index contributed by atoms with van der Waals surface area (Å²) in [4.78, 5) is 30.4. The molecule has 1 amide bonds. The predicted octanol–water partition coefficient (Wildman–Crippen LogP) is 3.00. The highest BCUT2D eigenvalue weighted by Gasteiger charge is 2.22. The molecule has 0 aliphatic carbocycles. The van der Waals surface area contributed by atoms with Gasteiger partial charge in [-0.3, -0.25) is 14.0 Å². The third kappa shape index (κ3) is 3.73. The maximum atomic E-state index is 12.9. The van der Waals surface area contributed by atoms with E-state index < -0.39 is 5.91 Å². The molecule has 3 aromatic rings. The largest absolute Gasteiger partial charge is 0.493 e. The van der Waals surface area contributed by atoms with Crippen LogP contribution in [0.2, 0.25) is 0 Å². The van der Waals surface area contributed by atoms with Gasteiger partial charge < -0.3 is 14.8 Å². The smallest absolute Gasteiger partial charge is 0.271 e. The summed E-state index contributed by atoms with van der Waals surface area (Å²) in [6.45, 7) is 6.30. The fraction of sp³-hybridized carbons (Fsp3) is 0.350. The van der Waals surface area contributed by atoms with E-state index in [0.717, 1.165) is 11.3 Å². The average molecular weight is 401 g/mol. The normalized spacial score (nSPS) is 11.5. The van der Waals surface area contributed by atoms with E-state index in [-0.39, 0.29) is 23.1 Å². The maximum absolute atomic E-state index is 12.9. The first kappa shape index (κ1) is 19.9. The number of benzene rings is 1. The number of carbonyl (C=O) groups excluding carboxylic acids is 1. The fourth-order valence-electron chi connectivity index (χ4n) is 2.83. The molecule has 0 unspecified atom stereocenters. The van der Waals surface area contributed by atoms with Crippen LogP contribution in [-0.2, 0) is 12.0 Å². The Morgan fingerprint density at radius 2 is 1.93 bits per heavy atom.